The Morgan fingerprint density at radius 1 is 0.950 bits per heavy atom. The molecule has 0 amide bonds. The van der Waals surface area contributed by atoms with E-state index in [9.17, 15) is 8.42 Å². The molecule has 0 fully saturated rings. The van der Waals surface area contributed by atoms with Crippen LogP contribution in [0.5, 0.6) is 0 Å². The monoisotopic (exact) mass is 287 g/mol. The summed E-state index contributed by atoms with van der Waals surface area (Å²) in [4.78, 5) is 0. The van der Waals surface area contributed by atoms with Crippen molar-refractivity contribution in [2.45, 2.75) is 13.0 Å². The summed E-state index contributed by atoms with van der Waals surface area (Å²) < 4.78 is 26.6. The molecule has 1 N–H and O–H groups in total. The Morgan fingerprint density at radius 3 is 2.10 bits per heavy atom. The lowest BCUT2D eigenvalue weighted by Gasteiger charge is -2.12. The van der Waals surface area contributed by atoms with Gasteiger partial charge in [0.25, 0.3) is 0 Å². The van der Waals surface area contributed by atoms with Crippen LogP contribution in [0.25, 0.3) is 6.08 Å². The van der Waals surface area contributed by atoms with Crippen molar-refractivity contribution in [3.63, 3.8) is 0 Å². The molecule has 0 saturated heterocycles. The Hall–Kier alpha value is -1.91. The Morgan fingerprint density at radius 2 is 1.50 bits per heavy atom. The Labute approximate surface area is 120 Å². The molecule has 0 spiro atoms. The van der Waals surface area contributed by atoms with Crippen molar-refractivity contribution < 1.29 is 8.42 Å². The second kappa shape index (κ2) is 6.50. The second-order valence-electron chi connectivity index (χ2n) is 4.51. The van der Waals surface area contributed by atoms with Gasteiger partial charge < -0.3 is 0 Å². The summed E-state index contributed by atoms with van der Waals surface area (Å²) in [5.74, 6) is 0. The van der Waals surface area contributed by atoms with Gasteiger partial charge >= 0.3 is 0 Å². The van der Waals surface area contributed by atoms with Gasteiger partial charge in [0, 0.05) is 11.4 Å². The van der Waals surface area contributed by atoms with E-state index in [1.807, 2.05) is 67.6 Å². The first-order valence-corrected chi connectivity index (χ1v) is 7.92. The maximum atomic E-state index is 12.0. The molecule has 0 saturated carbocycles. The van der Waals surface area contributed by atoms with Gasteiger partial charge in [-0.1, -0.05) is 60.7 Å². The van der Waals surface area contributed by atoms with Crippen molar-refractivity contribution in [1.82, 2.24) is 4.72 Å². The Balaban J connectivity index is 2.06. The Kier molecular flexibility index (Phi) is 4.71. The summed E-state index contributed by atoms with van der Waals surface area (Å²) in [5, 5.41) is 1.20. The number of benzene rings is 2. The molecule has 2 rings (SSSR count). The lowest BCUT2D eigenvalue weighted by Crippen LogP contribution is -2.24. The SMILES string of the molecule is C[C@H](NS(=O)(=O)/C=C/c1ccccc1)c1ccccc1. The molecule has 104 valence electrons. The van der Waals surface area contributed by atoms with Crippen molar-refractivity contribution >= 4 is 16.1 Å². The zero-order valence-corrected chi connectivity index (χ0v) is 12.0. The van der Waals surface area contributed by atoms with Crippen molar-refractivity contribution in [1.29, 1.82) is 0 Å². The van der Waals surface area contributed by atoms with E-state index in [4.69, 9.17) is 0 Å². The van der Waals surface area contributed by atoms with Crippen LogP contribution in [-0.4, -0.2) is 8.42 Å². The first-order chi connectivity index (χ1) is 9.57. The summed E-state index contributed by atoms with van der Waals surface area (Å²) in [7, 11) is -3.46. The minimum absolute atomic E-state index is 0.262. The summed E-state index contributed by atoms with van der Waals surface area (Å²) in [5.41, 5.74) is 1.79. The molecular formula is C16H17NO2S. The number of hydrogen-bond donors (Lipinski definition) is 1. The third kappa shape index (κ3) is 4.33. The summed E-state index contributed by atoms with van der Waals surface area (Å²) >= 11 is 0. The van der Waals surface area contributed by atoms with Crippen LogP contribution in [0.15, 0.2) is 66.1 Å². The molecule has 20 heavy (non-hydrogen) atoms. The van der Waals surface area contributed by atoms with E-state index < -0.39 is 10.0 Å². The number of nitrogens with one attached hydrogen (secondary N) is 1. The summed E-state index contributed by atoms with van der Waals surface area (Å²) in [6.45, 7) is 1.82. The molecule has 0 bridgehead atoms. The van der Waals surface area contributed by atoms with E-state index >= 15 is 0 Å². The molecule has 0 heterocycles. The van der Waals surface area contributed by atoms with E-state index in [1.165, 1.54) is 5.41 Å². The maximum Gasteiger partial charge on any atom is 0.234 e. The van der Waals surface area contributed by atoms with Crippen LogP contribution in [0.4, 0.5) is 0 Å². The minimum Gasteiger partial charge on any atom is -0.208 e. The van der Waals surface area contributed by atoms with Gasteiger partial charge in [-0.15, -0.1) is 0 Å². The summed E-state index contributed by atoms with van der Waals surface area (Å²) in [6, 6.07) is 18.5. The van der Waals surface area contributed by atoms with Crippen LogP contribution in [0.3, 0.4) is 0 Å². The lowest BCUT2D eigenvalue weighted by atomic mass is 10.1. The van der Waals surface area contributed by atoms with Crippen LogP contribution in [-0.2, 0) is 10.0 Å². The number of rotatable bonds is 5. The van der Waals surface area contributed by atoms with Crippen LogP contribution < -0.4 is 4.72 Å². The highest BCUT2D eigenvalue weighted by molar-refractivity contribution is 7.92. The molecule has 3 nitrogen and oxygen atoms in total. The van der Waals surface area contributed by atoms with Gasteiger partial charge in [-0.2, -0.15) is 0 Å². The topological polar surface area (TPSA) is 46.2 Å². The van der Waals surface area contributed by atoms with Crippen molar-refractivity contribution in [3.05, 3.63) is 77.2 Å². The number of sulfonamides is 1. The largest absolute Gasteiger partial charge is 0.234 e. The van der Waals surface area contributed by atoms with Gasteiger partial charge in [0.2, 0.25) is 10.0 Å². The predicted octanol–water partition coefficient (Wildman–Crippen LogP) is 3.34. The van der Waals surface area contributed by atoms with Gasteiger partial charge in [-0.05, 0) is 24.1 Å². The zero-order chi connectivity index (χ0) is 14.4. The van der Waals surface area contributed by atoms with Crippen LogP contribution >= 0.6 is 0 Å². The van der Waals surface area contributed by atoms with Gasteiger partial charge in [-0.25, -0.2) is 13.1 Å². The van der Waals surface area contributed by atoms with Gasteiger partial charge in [0.15, 0.2) is 0 Å². The average molecular weight is 287 g/mol. The number of hydrogen-bond acceptors (Lipinski definition) is 2. The molecule has 0 aliphatic heterocycles. The smallest absolute Gasteiger partial charge is 0.208 e. The van der Waals surface area contributed by atoms with Gasteiger partial charge in [-0.3, -0.25) is 0 Å². The van der Waals surface area contributed by atoms with Crippen molar-refractivity contribution in [2.75, 3.05) is 0 Å². The predicted molar refractivity (Wildman–Crippen MR) is 82.4 cm³/mol. The van der Waals surface area contributed by atoms with E-state index in [2.05, 4.69) is 4.72 Å². The fourth-order valence-corrected chi connectivity index (χ4v) is 2.87. The molecule has 0 aromatic heterocycles. The van der Waals surface area contributed by atoms with E-state index in [0.29, 0.717) is 0 Å². The standard InChI is InChI=1S/C16H17NO2S/c1-14(16-10-6-3-7-11-16)17-20(18,19)13-12-15-8-4-2-5-9-15/h2-14,17H,1H3/b13-12+/t14-/m0/s1. The fraction of sp³-hybridized carbons (Fsp3) is 0.125. The summed E-state index contributed by atoms with van der Waals surface area (Å²) in [6.07, 6.45) is 1.58. The average Bonchev–Trinajstić information content (AvgIpc) is 2.47. The lowest BCUT2D eigenvalue weighted by molar-refractivity contribution is 0.576. The maximum absolute atomic E-state index is 12.0. The Bertz CT molecular complexity index is 664. The highest BCUT2D eigenvalue weighted by Gasteiger charge is 2.12. The van der Waals surface area contributed by atoms with E-state index in [-0.39, 0.29) is 6.04 Å². The molecule has 2 aromatic carbocycles. The molecule has 1 atom stereocenters. The zero-order valence-electron chi connectivity index (χ0n) is 11.2. The van der Waals surface area contributed by atoms with Gasteiger partial charge in [0.05, 0.1) is 0 Å². The highest BCUT2D eigenvalue weighted by atomic mass is 32.2. The minimum atomic E-state index is -3.46. The molecule has 2 aromatic rings. The van der Waals surface area contributed by atoms with Crippen LogP contribution in [0.2, 0.25) is 0 Å². The molecular weight excluding hydrogens is 270 g/mol. The van der Waals surface area contributed by atoms with E-state index in [0.717, 1.165) is 11.1 Å². The van der Waals surface area contributed by atoms with Crippen LogP contribution in [0, 0.1) is 0 Å². The third-order valence-electron chi connectivity index (χ3n) is 2.88. The molecule has 0 aliphatic rings. The molecule has 4 heteroatoms. The molecule has 0 aliphatic carbocycles. The molecule has 0 unspecified atom stereocenters. The van der Waals surface area contributed by atoms with E-state index in [1.54, 1.807) is 6.08 Å². The first kappa shape index (κ1) is 14.5. The highest BCUT2D eigenvalue weighted by Crippen LogP contribution is 2.13. The third-order valence-corrected chi connectivity index (χ3v) is 4.06. The van der Waals surface area contributed by atoms with Gasteiger partial charge in [0.1, 0.15) is 0 Å². The second-order valence-corrected chi connectivity index (χ2v) is 6.11. The van der Waals surface area contributed by atoms with Crippen LogP contribution in [0.1, 0.15) is 24.1 Å². The normalized spacial score (nSPS) is 13.4. The molecule has 0 radical (unpaired) electrons. The van der Waals surface area contributed by atoms with Crippen molar-refractivity contribution in [3.8, 4) is 0 Å². The fourth-order valence-electron chi connectivity index (χ4n) is 1.83. The first-order valence-electron chi connectivity index (χ1n) is 6.37. The quantitative estimate of drug-likeness (QED) is 0.916. The van der Waals surface area contributed by atoms with Crippen molar-refractivity contribution in [2.24, 2.45) is 0 Å².